The van der Waals surface area contributed by atoms with E-state index in [1.165, 1.54) is 6.42 Å². The third kappa shape index (κ3) is 4.35. The number of rotatable bonds is 5. The molecule has 6 heteroatoms. The van der Waals surface area contributed by atoms with E-state index in [9.17, 15) is 8.42 Å². The van der Waals surface area contributed by atoms with Gasteiger partial charge >= 0.3 is 0 Å². The van der Waals surface area contributed by atoms with Gasteiger partial charge in [-0.1, -0.05) is 58.2 Å². The Balaban J connectivity index is 1.66. The van der Waals surface area contributed by atoms with Gasteiger partial charge in [0, 0.05) is 12.6 Å². The molecule has 0 amide bonds. The quantitative estimate of drug-likeness (QED) is 0.652. The predicted octanol–water partition coefficient (Wildman–Crippen LogP) is 5.24. The molecule has 1 aliphatic carbocycles. The average Bonchev–Trinajstić information content (AvgIpc) is 3.20. The summed E-state index contributed by atoms with van der Waals surface area (Å²) in [5, 5.41) is 0. The lowest BCUT2D eigenvalue weighted by molar-refractivity contribution is 0.174. The lowest BCUT2D eigenvalue weighted by Crippen LogP contribution is -2.40. The van der Waals surface area contributed by atoms with Crippen molar-refractivity contribution in [2.45, 2.75) is 75.8 Å². The number of ether oxygens (including phenoxy) is 2. The minimum atomic E-state index is -3.61. The number of nitrogens with zero attached hydrogens (tertiary/aromatic N) is 1. The van der Waals surface area contributed by atoms with E-state index in [2.05, 4.69) is 20.8 Å². The largest absolute Gasteiger partial charge is 0.454 e. The minimum Gasteiger partial charge on any atom is -0.454 e. The molecular formula is C24H31NO4S. The zero-order valence-electron chi connectivity index (χ0n) is 18.1. The Morgan fingerprint density at radius 3 is 2.27 bits per heavy atom. The van der Waals surface area contributed by atoms with Crippen molar-refractivity contribution in [2.75, 3.05) is 6.79 Å². The first-order chi connectivity index (χ1) is 14.2. The maximum Gasteiger partial charge on any atom is 0.243 e. The molecule has 0 saturated heterocycles. The second kappa shape index (κ2) is 8.23. The number of hydrogen-bond acceptors (Lipinski definition) is 4. The average molecular weight is 430 g/mol. The molecule has 0 unspecified atom stereocenters. The second-order valence-corrected chi connectivity index (χ2v) is 11.2. The molecule has 1 heterocycles. The standard InChI is InChI=1S/C24H31NO4S/c1-24(2,3)19-10-12-21(13-11-19)30(26,27)25(20-7-5-4-6-8-20)16-18-9-14-22-23(15-18)29-17-28-22/h9-15,20H,4-8,16-17H2,1-3H3. The Labute approximate surface area is 180 Å². The van der Waals surface area contributed by atoms with Crippen molar-refractivity contribution in [3.63, 3.8) is 0 Å². The van der Waals surface area contributed by atoms with Crippen LogP contribution < -0.4 is 9.47 Å². The first-order valence-electron chi connectivity index (χ1n) is 10.8. The van der Waals surface area contributed by atoms with Crippen LogP contribution in [0.2, 0.25) is 0 Å². The van der Waals surface area contributed by atoms with Crippen molar-refractivity contribution in [3.05, 3.63) is 53.6 Å². The van der Waals surface area contributed by atoms with E-state index in [1.807, 2.05) is 30.3 Å². The van der Waals surface area contributed by atoms with E-state index in [-0.39, 0.29) is 18.2 Å². The zero-order valence-corrected chi connectivity index (χ0v) is 18.9. The summed E-state index contributed by atoms with van der Waals surface area (Å²) in [4.78, 5) is 0.363. The van der Waals surface area contributed by atoms with Crippen molar-refractivity contribution >= 4 is 10.0 Å². The molecule has 4 rings (SSSR count). The number of benzene rings is 2. The van der Waals surface area contributed by atoms with E-state index in [0.29, 0.717) is 22.9 Å². The summed E-state index contributed by atoms with van der Waals surface area (Å²) in [6, 6.07) is 13.1. The molecule has 5 nitrogen and oxygen atoms in total. The minimum absolute atomic E-state index is 0.0160. The number of hydrogen-bond donors (Lipinski definition) is 0. The normalized spacial score (nSPS) is 17.5. The molecule has 2 aliphatic rings. The van der Waals surface area contributed by atoms with Crippen molar-refractivity contribution in [2.24, 2.45) is 0 Å². The maximum absolute atomic E-state index is 13.7. The third-order valence-electron chi connectivity index (χ3n) is 6.08. The highest BCUT2D eigenvalue weighted by molar-refractivity contribution is 7.89. The summed E-state index contributed by atoms with van der Waals surface area (Å²) < 4.78 is 40.0. The Bertz CT molecular complexity index is 987. The highest BCUT2D eigenvalue weighted by atomic mass is 32.2. The van der Waals surface area contributed by atoms with Crippen molar-refractivity contribution in [1.29, 1.82) is 0 Å². The second-order valence-electron chi connectivity index (χ2n) is 9.30. The molecule has 0 bridgehead atoms. The van der Waals surface area contributed by atoms with Crippen LogP contribution in [-0.4, -0.2) is 25.6 Å². The Morgan fingerprint density at radius 2 is 1.60 bits per heavy atom. The number of fused-ring (bicyclic) bond motifs is 1. The van der Waals surface area contributed by atoms with E-state index in [1.54, 1.807) is 16.4 Å². The molecule has 0 atom stereocenters. The van der Waals surface area contributed by atoms with Crippen molar-refractivity contribution in [3.8, 4) is 11.5 Å². The summed E-state index contributed by atoms with van der Waals surface area (Å²) in [5.74, 6) is 1.40. The summed E-state index contributed by atoms with van der Waals surface area (Å²) in [6.45, 7) is 6.94. The number of sulfonamides is 1. The summed E-state index contributed by atoms with van der Waals surface area (Å²) in [6.07, 6.45) is 5.13. The summed E-state index contributed by atoms with van der Waals surface area (Å²) in [5.41, 5.74) is 2.03. The Hall–Kier alpha value is -2.05. The molecule has 0 aromatic heterocycles. The van der Waals surface area contributed by atoms with Gasteiger partial charge < -0.3 is 9.47 Å². The van der Waals surface area contributed by atoms with Gasteiger partial charge in [0.05, 0.1) is 4.90 Å². The Morgan fingerprint density at radius 1 is 0.933 bits per heavy atom. The summed E-state index contributed by atoms with van der Waals surface area (Å²) >= 11 is 0. The Kier molecular flexibility index (Phi) is 5.82. The van der Waals surface area contributed by atoms with E-state index in [4.69, 9.17) is 9.47 Å². The van der Waals surface area contributed by atoms with Crippen LogP contribution in [0.4, 0.5) is 0 Å². The van der Waals surface area contributed by atoms with Gasteiger partial charge in [-0.25, -0.2) is 8.42 Å². The highest BCUT2D eigenvalue weighted by Crippen LogP contribution is 2.35. The fraction of sp³-hybridized carbons (Fsp3) is 0.500. The van der Waals surface area contributed by atoms with Crippen LogP contribution in [0, 0.1) is 0 Å². The van der Waals surface area contributed by atoms with Gasteiger partial charge in [-0.05, 0) is 53.6 Å². The lowest BCUT2D eigenvalue weighted by atomic mass is 9.87. The smallest absolute Gasteiger partial charge is 0.243 e. The summed E-state index contributed by atoms with van der Waals surface area (Å²) in [7, 11) is -3.61. The van der Waals surface area contributed by atoms with Gasteiger partial charge in [-0.15, -0.1) is 0 Å². The van der Waals surface area contributed by atoms with Crippen LogP contribution in [0.15, 0.2) is 47.4 Å². The first-order valence-corrected chi connectivity index (χ1v) is 12.2. The molecule has 1 fully saturated rings. The monoisotopic (exact) mass is 429 g/mol. The predicted molar refractivity (Wildman–Crippen MR) is 117 cm³/mol. The molecule has 2 aromatic rings. The molecule has 0 spiro atoms. The van der Waals surface area contributed by atoms with Crippen LogP contribution >= 0.6 is 0 Å². The third-order valence-corrected chi connectivity index (χ3v) is 8.00. The van der Waals surface area contributed by atoms with Crippen molar-refractivity contribution in [1.82, 2.24) is 4.31 Å². The molecule has 2 aromatic carbocycles. The fourth-order valence-electron chi connectivity index (χ4n) is 4.26. The van der Waals surface area contributed by atoms with Gasteiger partial charge in [0.15, 0.2) is 11.5 Å². The van der Waals surface area contributed by atoms with Gasteiger partial charge in [0.2, 0.25) is 16.8 Å². The van der Waals surface area contributed by atoms with Gasteiger partial charge in [0.1, 0.15) is 0 Å². The van der Waals surface area contributed by atoms with E-state index in [0.717, 1.165) is 36.8 Å². The topological polar surface area (TPSA) is 55.8 Å². The lowest BCUT2D eigenvalue weighted by Gasteiger charge is -2.33. The molecule has 1 aliphatic heterocycles. The van der Waals surface area contributed by atoms with Crippen LogP contribution in [0.3, 0.4) is 0 Å². The molecule has 0 radical (unpaired) electrons. The molecule has 162 valence electrons. The van der Waals surface area contributed by atoms with Crippen LogP contribution in [0.1, 0.15) is 64.0 Å². The fourth-order valence-corrected chi connectivity index (χ4v) is 5.93. The van der Waals surface area contributed by atoms with Crippen LogP contribution in [-0.2, 0) is 22.0 Å². The molecule has 0 N–H and O–H groups in total. The van der Waals surface area contributed by atoms with E-state index >= 15 is 0 Å². The van der Waals surface area contributed by atoms with Crippen molar-refractivity contribution < 1.29 is 17.9 Å². The molecular weight excluding hydrogens is 398 g/mol. The molecule has 1 saturated carbocycles. The molecule has 30 heavy (non-hydrogen) atoms. The zero-order chi connectivity index (χ0) is 21.4. The van der Waals surface area contributed by atoms with E-state index < -0.39 is 10.0 Å². The first kappa shape index (κ1) is 21.2. The van der Waals surface area contributed by atoms with Gasteiger partial charge in [-0.2, -0.15) is 4.31 Å². The highest BCUT2D eigenvalue weighted by Gasteiger charge is 2.33. The SMILES string of the molecule is CC(C)(C)c1ccc(S(=O)(=O)N(Cc2ccc3c(c2)OCO3)C2CCCCC2)cc1. The van der Waals surface area contributed by atoms with Gasteiger partial charge in [-0.3, -0.25) is 0 Å². The van der Waals surface area contributed by atoms with Crippen LogP contribution in [0.25, 0.3) is 0 Å². The maximum atomic E-state index is 13.7. The van der Waals surface area contributed by atoms with Gasteiger partial charge in [0.25, 0.3) is 0 Å². The van der Waals surface area contributed by atoms with Crippen LogP contribution in [0.5, 0.6) is 11.5 Å².